The minimum Gasteiger partial charge on any atom is -0.351 e. The average molecular weight is 390 g/mol. The van der Waals surface area contributed by atoms with Gasteiger partial charge in [-0.1, -0.05) is 70.2 Å². The zero-order chi connectivity index (χ0) is 20.7. The molecule has 5 rings (SSSR count). The summed E-state index contributed by atoms with van der Waals surface area (Å²) in [6.07, 6.45) is 7.75. The number of carbonyl (C=O) groups excluding carboxylic acids is 1. The van der Waals surface area contributed by atoms with E-state index in [4.69, 9.17) is 0 Å². The maximum atomic E-state index is 13.1. The average Bonchev–Trinajstić information content (AvgIpc) is 2.73. The molecule has 0 spiro atoms. The van der Waals surface area contributed by atoms with Gasteiger partial charge in [-0.05, 0) is 77.5 Å². The van der Waals surface area contributed by atoms with E-state index in [9.17, 15) is 4.79 Å². The van der Waals surface area contributed by atoms with Crippen LogP contribution in [0.25, 0.3) is 11.1 Å². The fourth-order valence-electron chi connectivity index (χ4n) is 5.16. The first kappa shape index (κ1) is 20.2. The van der Waals surface area contributed by atoms with Crippen LogP contribution in [0.15, 0.2) is 48.5 Å². The minimum absolute atomic E-state index is 0.0637. The fourth-order valence-corrected chi connectivity index (χ4v) is 5.16. The van der Waals surface area contributed by atoms with Crippen LogP contribution < -0.4 is 5.32 Å². The molecule has 0 heterocycles. The molecule has 2 nitrogen and oxygen atoms in total. The Morgan fingerprint density at radius 1 is 0.897 bits per heavy atom. The van der Waals surface area contributed by atoms with Crippen LogP contribution in [0.2, 0.25) is 0 Å². The van der Waals surface area contributed by atoms with Crippen molar-refractivity contribution in [2.24, 2.45) is 10.8 Å². The first-order valence-corrected chi connectivity index (χ1v) is 11.2. The Morgan fingerprint density at radius 2 is 1.48 bits per heavy atom. The van der Waals surface area contributed by atoms with Gasteiger partial charge in [-0.15, -0.1) is 0 Å². The highest BCUT2D eigenvalue weighted by atomic mass is 16.1. The minimum atomic E-state index is 0.0637. The summed E-state index contributed by atoms with van der Waals surface area (Å²) in [5, 5.41) is 3.30. The first-order chi connectivity index (χ1) is 13.7. The second kappa shape index (κ2) is 7.31. The molecule has 154 valence electrons. The molecule has 2 aromatic rings. The third kappa shape index (κ3) is 4.13. The predicted molar refractivity (Wildman–Crippen MR) is 121 cm³/mol. The summed E-state index contributed by atoms with van der Waals surface area (Å²) < 4.78 is 0. The molecule has 0 aromatic heterocycles. The lowest BCUT2D eigenvalue weighted by molar-refractivity contribution is 0.00440. The maximum absolute atomic E-state index is 13.1. The number of amides is 1. The van der Waals surface area contributed by atoms with Gasteiger partial charge in [0.15, 0.2) is 0 Å². The summed E-state index contributed by atoms with van der Waals surface area (Å²) in [6.45, 7) is 9.93. The normalized spacial score (nSPS) is 26.3. The molecule has 0 atom stereocenters. The van der Waals surface area contributed by atoms with E-state index < -0.39 is 0 Å². The number of carbonyl (C=O) groups is 1. The van der Waals surface area contributed by atoms with E-state index in [1.165, 1.54) is 44.1 Å². The summed E-state index contributed by atoms with van der Waals surface area (Å²) in [5.41, 5.74) is 5.24. The summed E-state index contributed by atoms with van der Waals surface area (Å²) in [7, 11) is 0. The topological polar surface area (TPSA) is 29.1 Å². The number of hydrogen-bond donors (Lipinski definition) is 1. The molecule has 29 heavy (non-hydrogen) atoms. The summed E-state index contributed by atoms with van der Waals surface area (Å²) in [6, 6.07) is 16.7. The van der Waals surface area contributed by atoms with Gasteiger partial charge in [0, 0.05) is 12.1 Å². The van der Waals surface area contributed by atoms with E-state index in [-0.39, 0.29) is 11.3 Å². The molecule has 3 fully saturated rings. The first-order valence-electron chi connectivity index (χ1n) is 11.2. The molecule has 0 unspecified atom stereocenters. The van der Waals surface area contributed by atoms with E-state index >= 15 is 0 Å². The number of fused-ring (bicyclic) bond motifs is 3. The largest absolute Gasteiger partial charge is 0.351 e. The van der Waals surface area contributed by atoms with Crippen molar-refractivity contribution in [3.05, 3.63) is 59.7 Å². The lowest BCUT2D eigenvalue weighted by Gasteiger charge is -2.52. The smallest absolute Gasteiger partial charge is 0.251 e. The Balaban J connectivity index is 1.50. The van der Waals surface area contributed by atoms with Gasteiger partial charge in [-0.25, -0.2) is 0 Å². The van der Waals surface area contributed by atoms with Crippen molar-refractivity contribution in [2.45, 2.75) is 71.6 Å². The van der Waals surface area contributed by atoms with E-state index in [0.717, 1.165) is 23.2 Å². The molecule has 2 heteroatoms. The zero-order valence-corrected chi connectivity index (χ0v) is 18.5. The van der Waals surface area contributed by atoms with Gasteiger partial charge >= 0.3 is 0 Å². The van der Waals surface area contributed by atoms with Gasteiger partial charge < -0.3 is 5.32 Å². The zero-order valence-electron chi connectivity index (χ0n) is 18.5. The molecule has 3 aliphatic rings. The van der Waals surface area contributed by atoms with Crippen LogP contribution in [0.3, 0.4) is 0 Å². The Kier molecular flexibility index (Phi) is 5.09. The van der Waals surface area contributed by atoms with Crippen molar-refractivity contribution in [1.82, 2.24) is 5.32 Å². The SMILES string of the molecule is CC12CCC(CNC(=O)c3ccccc3-c3ccc(C(C)(C)C)cc3)(CC1)CC2. The van der Waals surface area contributed by atoms with Crippen LogP contribution >= 0.6 is 0 Å². The summed E-state index contributed by atoms with van der Waals surface area (Å²) in [5.74, 6) is 0.0637. The molecule has 0 radical (unpaired) electrons. The lowest BCUT2D eigenvalue weighted by atomic mass is 9.54. The fraction of sp³-hybridized carbons (Fsp3) is 0.519. The van der Waals surface area contributed by atoms with Gasteiger partial charge in [0.05, 0.1) is 0 Å². The van der Waals surface area contributed by atoms with E-state index in [1.54, 1.807) is 0 Å². The van der Waals surface area contributed by atoms with E-state index in [0.29, 0.717) is 10.8 Å². The summed E-state index contributed by atoms with van der Waals surface area (Å²) in [4.78, 5) is 13.1. The van der Waals surface area contributed by atoms with Crippen LogP contribution in [-0.2, 0) is 5.41 Å². The van der Waals surface area contributed by atoms with Crippen molar-refractivity contribution < 1.29 is 4.79 Å². The predicted octanol–water partition coefficient (Wildman–Crippen LogP) is 6.74. The second-order valence-electron chi connectivity index (χ2n) is 10.9. The highest BCUT2D eigenvalue weighted by Gasteiger charge is 2.46. The van der Waals surface area contributed by atoms with Gasteiger partial charge in [0.25, 0.3) is 5.91 Å². The van der Waals surface area contributed by atoms with Crippen LogP contribution in [-0.4, -0.2) is 12.5 Å². The molecule has 3 aliphatic carbocycles. The molecule has 2 aromatic carbocycles. The Bertz CT molecular complexity index is 863. The van der Waals surface area contributed by atoms with Gasteiger partial charge in [-0.2, -0.15) is 0 Å². The van der Waals surface area contributed by atoms with Crippen molar-refractivity contribution in [3.63, 3.8) is 0 Å². The van der Waals surface area contributed by atoms with Gasteiger partial charge in [0.2, 0.25) is 0 Å². The molecule has 1 N–H and O–H groups in total. The molecular formula is C27H35NO. The molecule has 1 amide bonds. The standard InChI is InChI=1S/C27H35NO/c1-25(2,3)21-11-9-20(10-12-21)22-7-5-6-8-23(22)24(29)28-19-27-16-13-26(4,14-17-27)15-18-27/h5-12H,13-19H2,1-4H3,(H,28,29). The van der Waals surface area contributed by atoms with E-state index in [1.807, 2.05) is 18.2 Å². The highest BCUT2D eigenvalue weighted by Crippen LogP contribution is 2.56. The summed E-state index contributed by atoms with van der Waals surface area (Å²) >= 11 is 0. The van der Waals surface area contributed by atoms with Crippen molar-refractivity contribution >= 4 is 5.91 Å². The van der Waals surface area contributed by atoms with Crippen molar-refractivity contribution in [1.29, 1.82) is 0 Å². The van der Waals surface area contributed by atoms with Crippen LogP contribution in [0.1, 0.15) is 82.1 Å². The van der Waals surface area contributed by atoms with Crippen LogP contribution in [0.4, 0.5) is 0 Å². The third-order valence-electron chi connectivity index (χ3n) is 7.63. The molecule has 0 aliphatic heterocycles. The quantitative estimate of drug-likeness (QED) is 0.616. The number of benzene rings is 2. The molecule has 3 saturated carbocycles. The highest BCUT2D eigenvalue weighted by molar-refractivity contribution is 6.00. The Morgan fingerprint density at radius 3 is 2.07 bits per heavy atom. The molecular weight excluding hydrogens is 354 g/mol. The van der Waals surface area contributed by atoms with Crippen molar-refractivity contribution in [3.8, 4) is 11.1 Å². The van der Waals surface area contributed by atoms with Crippen LogP contribution in [0, 0.1) is 10.8 Å². The second-order valence-corrected chi connectivity index (χ2v) is 10.9. The van der Waals surface area contributed by atoms with Gasteiger partial charge in [0.1, 0.15) is 0 Å². The number of rotatable bonds is 4. The lowest BCUT2D eigenvalue weighted by Crippen LogP contribution is -2.46. The van der Waals surface area contributed by atoms with E-state index in [2.05, 4.69) is 63.3 Å². The monoisotopic (exact) mass is 389 g/mol. The van der Waals surface area contributed by atoms with Crippen LogP contribution in [0.5, 0.6) is 0 Å². The number of nitrogens with one attached hydrogen (secondary N) is 1. The Hall–Kier alpha value is -2.09. The molecule has 0 saturated heterocycles. The van der Waals surface area contributed by atoms with Crippen molar-refractivity contribution in [2.75, 3.05) is 6.54 Å². The maximum Gasteiger partial charge on any atom is 0.251 e. The van der Waals surface area contributed by atoms with Gasteiger partial charge in [-0.3, -0.25) is 4.79 Å². The Labute approximate surface area is 176 Å². The third-order valence-corrected chi connectivity index (χ3v) is 7.63. The number of hydrogen-bond acceptors (Lipinski definition) is 1. The molecule has 2 bridgehead atoms.